The lowest BCUT2D eigenvalue weighted by atomic mass is 9.88. The molecule has 3 heterocycles. The van der Waals surface area contributed by atoms with E-state index < -0.39 is 0 Å². The monoisotopic (exact) mass is 984 g/mol. The molecule has 0 aliphatic heterocycles. The second-order valence-corrected chi connectivity index (χ2v) is 19.4. The van der Waals surface area contributed by atoms with Gasteiger partial charge in [0.2, 0.25) is 0 Å². The van der Waals surface area contributed by atoms with Crippen molar-refractivity contribution in [1.29, 1.82) is 0 Å². The predicted octanol–water partition coefficient (Wildman–Crippen LogP) is 19.0. The van der Waals surface area contributed by atoms with Crippen molar-refractivity contribution in [2.24, 2.45) is 0 Å². The predicted molar refractivity (Wildman–Crippen MR) is 321 cm³/mol. The molecule has 0 spiro atoms. The van der Waals surface area contributed by atoms with Crippen LogP contribution in [0.3, 0.4) is 0 Å². The fourth-order valence-electron chi connectivity index (χ4n) is 11.4. The molecule has 362 valence electrons. The van der Waals surface area contributed by atoms with Crippen LogP contribution in [0.4, 0.5) is 17.1 Å². The Morgan fingerprint density at radius 3 is 1.36 bits per heavy atom. The number of hydrogen-bond acceptors (Lipinski definition) is 2. The van der Waals surface area contributed by atoms with Gasteiger partial charge < -0.3 is 4.90 Å². The van der Waals surface area contributed by atoms with E-state index in [1.54, 1.807) is 0 Å². The summed E-state index contributed by atoms with van der Waals surface area (Å²) in [6.45, 7) is 0. The third-order valence-electron chi connectivity index (χ3n) is 14.9. The van der Waals surface area contributed by atoms with Gasteiger partial charge in [0.1, 0.15) is 17.2 Å². The lowest BCUT2D eigenvalue weighted by molar-refractivity contribution is 1.01. The number of fused-ring (bicyclic) bond motifs is 4. The van der Waals surface area contributed by atoms with Crippen LogP contribution < -0.4 is 4.90 Å². The molecule has 14 rings (SSSR count). The molecular formula is C72H50N5+. The second kappa shape index (κ2) is 19.5. The van der Waals surface area contributed by atoms with Crippen molar-refractivity contribution in [3.05, 3.63) is 304 Å². The lowest BCUT2D eigenvalue weighted by Crippen LogP contribution is -2.13. The Balaban J connectivity index is 1.02. The summed E-state index contributed by atoms with van der Waals surface area (Å²) in [4.78, 5) is 7.72. The molecule has 5 heteroatoms. The molecule has 0 aliphatic rings. The Labute approximate surface area is 447 Å². The van der Waals surface area contributed by atoms with Crippen LogP contribution in [0.15, 0.2) is 304 Å². The van der Waals surface area contributed by atoms with Crippen LogP contribution in [0.2, 0.25) is 0 Å². The topological polar surface area (TPSA) is 30.9 Å². The van der Waals surface area contributed by atoms with Crippen molar-refractivity contribution < 1.29 is 0 Å². The van der Waals surface area contributed by atoms with E-state index in [0.29, 0.717) is 0 Å². The molecule has 0 unspecified atom stereocenters. The zero-order valence-electron chi connectivity index (χ0n) is 42.1. The zero-order chi connectivity index (χ0) is 51.1. The van der Waals surface area contributed by atoms with Crippen LogP contribution in [0.5, 0.6) is 0 Å². The van der Waals surface area contributed by atoms with Crippen molar-refractivity contribution in [2.75, 3.05) is 4.90 Å². The minimum atomic E-state index is 0.835. The highest BCUT2D eigenvalue weighted by Gasteiger charge is 2.26. The van der Waals surface area contributed by atoms with Gasteiger partial charge in [-0.1, -0.05) is 218 Å². The minimum Gasteiger partial charge on any atom is -0.308 e. The third-order valence-corrected chi connectivity index (χ3v) is 14.9. The third kappa shape index (κ3) is 8.15. The second-order valence-electron chi connectivity index (χ2n) is 19.4. The average molecular weight is 985 g/mol. The van der Waals surface area contributed by atoms with Gasteiger partial charge in [-0.25, -0.2) is 4.98 Å². The van der Waals surface area contributed by atoms with Gasteiger partial charge in [0, 0.05) is 52.0 Å². The molecule has 0 atom stereocenters. The van der Waals surface area contributed by atoms with Crippen molar-refractivity contribution in [2.45, 2.75) is 0 Å². The summed E-state index contributed by atoms with van der Waals surface area (Å²) in [5.74, 6) is 0.835. The Morgan fingerprint density at radius 1 is 0.312 bits per heavy atom. The highest BCUT2D eigenvalue weighted by atomic mass is 15.2. The summed E-state index contributed by atoms with van der Waals surface area (Å²) < 4.78 is 6.94. The maximum atomic E-state index is 5.25. The summed E-state index contributed by atoms with van der Waals surface area (Å²) in [5, 5.41) is 2.30. The van der Waals surface area contributed by atoms with Gasteiger partial charge in [-0.15, -0.1) is 0 Å². The van der Waals surface area contributed by atoms with Gasteiger partial charge in [0.05, 0.1) is 22.4 Å². The van der Waals surface area contributed by atoms with Crippen molar-refractivity contribution in [3.8, 4) is 72.8 Å². The number of aromatic nitrogens is 4. The zero-order valence-corrected chi connectivity index (χ0v) is 42.1. The number of pyridine rings is 1. The molecule has 0 saturated heterocycles. The molecule has 0 fully saturated rings. The van der Waals surface area contributed by atoms with E-state index in [1.807, 2.05) is 6.20 Å². The highest BCUT2D eigenvalue weighted by molar-refractivity contribution is 6.11. The Morgan fingerprint density at radius 2 is 0.766 bits per heavy atom. The molecule has 0 bridgehead atoms. The van der Waals surface area contributed by atoms with Crippen LogP contribution in [0, 0.1) is 0 Å². The SMILES string of the molecule is c1ccc(-c2cccc(-c3ccccc3)c2-c2ccnc(-n3c4ccccc4c4ccc(N(c5cccc(-n6[cH+]n(-c7ccccc7)c7ccccc76)c5)c5c(-c6ccccc6)cccc5-c5ccccc5)cc43)c2)cc1. The van der Waals surface area contributed by atoms with Gasteiger partial charge in [0.15, 0.2) is 17.4 Å². The smallest absolute Gasteiger partial charge is 0.168 e. The number of benzene rings is 11. The first kappa shape index (κ1) is 45.3. The fourth-order valence-corrected chi connectivity index (χ4v) is 11.4. The molecule has 0 amide bonds. The van der Waals surface area contributed by atoms with Crippen molar-refractivity contribution >= 4 is 49.9 Å². The van der Waals surface area contributed by atoms with Crippen LogP contribution in [-0.2, 0) is 0 Å². The summed E-state index contributed by atoms with van der Waals surface area (Å²) in [7, 11) is 0. The largest absolute Gasteiger partial charge is 0.308 e. The quantitative estimate of drug-likeness (QED) is 0.121. The summed E-state index contributed by atoms with van der Waals surface area (Å²) in [6.07, 6.45) is 4.18. The Hall–Kier alpha value is -10.4. The van der Waals surface area contributed by atoms with Gasteiger partial charge in [-0.05, 0) is 99.1 Å². The summed E-state index contributed by atoms with van der Waals surface area (Å²) >= 11 is 0. The molecule has 0 radical (unpaired) electrons. The standard InChI is InChI=1S/C72H50N5/c1-6-23-51(24-7-1)60-36-21-37-61(52-25-8-2-9-26-52)71(60)55-45-46-73-70(47-55)77-66-40-17-16-35-64(66)65-44-43-59(49-69(65)77)76(72-62(53-27-10-3-11-28-53)38-22-39-63(72)54-29-12-4-13-30-54)58-34-20-33-57(48-58)75-50-74(56-31-14-5-15-32-56)67-41-18-19-42-68(67)75/h1-50H/q+1. The number of anilines is 3. The van der Waals surface area contributed by atoms with E-state index >= 15 is 0 Å². The van der Waals surface area contributed by atoms with Gasteiger partial charge >= 0.3 is 0 Å². The number of hydrogen-bond donors (Lipinski definition) is 0. The molecular weight excluding hydrogens is 935 g/mol. The number of para-hydroxylation sites is 5. The average Bonchev–Trinajstić information content (AvgIpc) is 4.12. The minimum absolute atomic E-state index is 0.835. The number of nitrogens with zero attached hydrogens (tertiary/aromatic N) is 5. The first-order valence-electron chi connectivity index (χ1n) is 26.2. The molecule has 0 saturated carbocycles. The Kier molecular flexibility index (Phi) is 11.5. The fraction of sp³-hybridized carbons (Fsp3) is 0. The van der Waals surface area contributed by atoms with E-state index in [2.05, 4.69) is 316 Å². The summed E-state index contributed by atoms with van der Waals surface area (Å²) in [5.41, 5.74) is 21.0. The maximum absolute atomic E-state index is 5.25. The van der Waals surface area contributed by atoms with Gasteiger partial charge in [-0.2, -0.15) is 9.13 Å². The first-order chi connectivity index (χ1) is 38.2. The van der Waals surface area contributed by atoms with E-state index in [-0.39, 0.29) is 0 Å². The maximum Gasteiger partial charge on any atom is 0.168 e. The summed E-state index contributed by atoms with van der Waals surface area (Å²) in [6, 6.07) is 105. The van der Waals surface area contributed by atoms with E-state index in [1.165, 1.54) is 11.1 Å². The van der Waals surface area contributed by atoms with E-state index in [9.17, 15) is 0 Å². The van der Waals surface area contributed by atoms with Crippen LogP contribution in [0.25, 0.3) is 106 Å². The van der Waals surface area contributed by atoms with Crippen molar-refractivity contribution in [3.63, 3.8) is 0 Å². The molecule has 5 nitrogen and oxygen atoms in total. The molecule has 0 N–H and O–H groups in total. The van der Waals surface area contributed by atoms with E-state index in [0.717, 1.165) is 112 Å². The molecule has 14 aromatic rings. The van der Waals surface area contributed by atoms with Gasteiger partial charge in [0.25, 0.3) is 0 Å². The van der Waals surface area contributed by atoms with E-state index in [4.69, 9.17) is 4.98 Å². The van der Waals surface area contributed by atoms with Crippen LogP contribution in [-0.4, -0.2) is 18.7 Å². The number of imidazole rings is 1. The molecule has 0 aliphatic carbocycles. The molecule has 3 aromatic heterocycles. The Bertz CT molecular complexity index is 4320. The van der Waals surface area contributed by atoms with Crippen molar-refractivity contribution in [1.82, 2.24) is 18.7 Å². The molecule has 77 heavy (non-hydrogen) atoms. The first-order valence-corrected chi connectivity index (χ1v) is 26.2. The van der Waals surface area contributed by atoms with Crippen LogP contribution in [0.1, 0.15) is 0 Å². The van der Waals surface area contributed by atoms with Gasteiger partial charge in [-0.3, -0.25) is 4.57 Å². The van der Waals surface area contributed by atoms with Crippen LogP contribution >= 0.6 is 0 Å². The normalized spacial score (nSPS) is 11.4. The number of rotatable bonds is 11. The molecule has 11 aromatic carbocycles. The highest BCUT2D eigenvalue weighted by Crippen LogP contribution is 2.49. The lowest BCUT2D eigenvalue weighted by Gasteiger charge is -2.30.